The summed E-state index contributed by atoms with van der Waals surface area (Å²) in [6.45, 7) is 7.70. The lowest BCUT2D eigenvalue weighted by molar-refractivity contribution is 0.590. The Kier molecular flexibility index (Phi) is 5.33. The Balaban J connectivity index is 3.05. The number of hydrogen-bond acceptors (Lipinski definition) is 1. The lowest BCUT2D eigenvalue weighted by Crippen LogP contribution is -1.85. The van der Waals surface area contributed by atoms with Gasteiger partial charge in [-0.15, -0.1) is 0 Å². The van der Waals surface area contributed by atoms with E-state index in [4.69, 9.17) is 0 Å². The fourth-order valence-electron chi connectivity index (χ4n) is 1.37. The summed E-state index contributed by atoms with van der Waals surface area (Å²) in [5, 5.41) is 0. The first-order chi connectivity index (χ1) is 7.65. The van der Waals surface area contributed by atoms with Gasteiger partial charge in [0.2, 0.25) is 0 Å². The zero-order chi connectivity index (χ0) is 12.0. The normalized spacial score (nSPS) is 12.2. The Hall–Kier alpha value is -1.02. The van der Waals surface area contributed by atoms with Crippen LogP contribution in [0.1, 0.15) is 32.3 Å². The minimum atomic E-state index is -0.0401. The topological polar surface area (TPSA) is 0 Å². The molecule has 0 radical (unpaired) electrons. The van der Waals surface area contributed by atoms with Gasteiger partial charge in [-0.25, -0.2) is 4.39 Å². The van der Waals surface area contributed by atoms with Gasteiger partial charge in [0.05, 0.1) is 4.91 Å². The van der Waals surface area contributed by atoms with E-state index in [9.17, 15) is 4.39 Å². The average Bonchev–Trinajstić information content (AvgIpc) is 2.27. The third-order valence-corrected chi connectivity index (χ3v) is 3.04. The van der Waals surface area contributed by atoms with Crippen molar-refractivity contribution in [2.24, 2.45) is 0 Å². The maximum atomic E-state index is 13.9. The van der Waals surface area contributed by atoms with E-state index in [0.717, 1.165) is 16.9 Å². The molecule has 0 spiro atoms. The summed E-state index contributed by atoms with van der Waals surface area (Å²) in [6.07, 6.45) is 1.31. The lowest BCUT2D eigenvalue weighted by atomic mass is 10.2. The third-order valence-electron chi connectivity index (χ3n) is 2.03. The molecular weight excluding hydrogens is 219 g/mol. The predicted molar refractivity (Wildman–Crippen MR) is 71.8 cm³/mol. The van der Waals surface area contributed by atoms with Crippen LogP contribution in [0.15, 0.2) is 47.6 Å². The first-order valence-corrected chi connectivity index (χ1v) is 6.24. The van der Waals surface area contributed by atoms with Gasteiger partial charge in [-0.2, -0.15) is 0 Å². The van der Waals surface area contributed by atoms with Gasteiger partial charge in [-0.3, -0.25) is 0 Å². The van der Waals surface area contributed by atoms with Crippen molar-refractivity contribution in [1.82, 2.24) is 0 Å². The number of hydrogen-bond donors (Lipinski definition) is 0. The van der Waals surface area contributed by atoms with E-state index in [1.165, 1.54) is 11.8 Å². The number of halogens is 1. The summed E-state index contributed by atoms with van der Waals surface area (Å²) in [5.41, 5.74) is 0.932. The van der Waals surface area contributed by atoms with Gasteiger partial charge in [0.25, 0.3) is 0 Å². The van der Waals surface area contributed by atoms with E-state index in [1.54, 1.807) is 0 Å². The molecule has 0 amide bonds. The molecule has 0 fully saturated rings. The van der Waals surface area contributed by atoms with Gasteiger partial charge in [-0.05, 0) is 23.8 Å². The summed E-state index contributed by atoms with van der Waals surface area (Å²) < 4.78 is 13.9. The van der Waals surface area contributed by atoms with Crippen molar-refractivity contribution in [3.8, 4) is 0 Å². The van der Waals surface area contributed by atoms with Crippen LogP contribution in [0.25, 0.3) is 4.91 Å². The van der Waals surface area contributed by atoms with Crippen molar-refractivity contribution in [2.75, 3.05) is 0 Å². The van der Waals surface area contributed by atoms with Crippen LogP contribution in [0, 0.1) is 0 Å². The van der Waals surface area contributed by atoms with Crippen LogP contribution in [0.3, 0.4) is 0 Å². The Morgan fingerprint density at radius 3 is 2.44 bits per heavy atom. The van der Waals surface area contributed by atoms with E-state index in [1.807, 2.05) is 44.2 Å². The van der Waals surface area contributed by atoms with Crippen LogP contribution in [0.4, 0.5) is 4.39 Å². The standard InChI is InChI=1S/C14H17FS/c1-4-8-13(15)14(16-11(2)3)12-9-6-5-7-10-12/h5-7,9-10H,2,4,8H2,1,3H3/b14-13+. The SMILES string of the molecule is C=C(C)S/C(=C(/F)CCC)c1ccccc1. The second-order valence-electron chi connectivity index (χ2n) is 3.65. The molecule has 0 unspecified atom stereocenters. The zero-order valence-corrected chi connectivity index (χ0v) is 10.6. The molecule has 0 saturated carbocycles. The number of thioether (sulfide) groups is 1. The molecule has 2 heteroatoms. The van der Waals surface area contributed by atoms with Crippen molar-refractivity contribution < 1.29 is 4.39 Å². The van der Waals surface area contributed by atoms with E-state index in [0.29, 0.717) is 11.3 Å². The molecule has 0 N–H and O–H groups in total. The molecule has 86 valence electrons. The van der Waals surface area contributed by atoms with E-state index in [-0.39, 0.29) is 5.83 Å². The first kappa shape index (κ1) is 13.0. The number of rotatable bonds is 5. The molecule has 0 aromatic heterocycles. The molecule has 0 nitrogen and oxygen atoms in total. The Labute approximate surface area is 101 Å². The minimum Gasteiger partial charge on any atom is -0.211 e. The first-order valence-electron chi connectivity index (χ1n) is 5.42. The fourth-order valence-corrected chi connectivity index (χ4v) is 2.18. The molecule has 0 saturated heterocycles. The minimum absolute atomic E-state index is 0.0401. The summed E-state index contributed by atoms with van der Waals surface area (Å²) in [6, 6.07) is 9.65. The van der Waals surface area contributed by atoms with Crippen LogP contribution in [0.5, 0.6) is 0 Å². The molecule has 0 atom stereocenters. The van der Waals surface area contributed by atoms with Crippen molar-refractivity contribution >= 4 is 16.7 Å². The van der Waals surface area contributed by atoms with Crippen molar-refractivity contribution in [2.45, 2.75) is 26.7 Å². The monoisotopic (exact) mass is 236 g/mol. The van der Waals surface area contributed by atoms with Gasteiger partial charge >= 0.3 is 0 Å². The Bertz CT molecular complexity index is 379. The van der Waals surface area contributed by atoms with Crippen LogP contribution in [-0.4, -0.2) is 0 Å². The molecule has 1 aromatic rings. The molecule has 1 aromatic carbocycles. The van der Waals surface area contributed by atoms with Gasteiger partial charge in [0, 0.05) is 6.42 Å². The van der Waals surface area contributed by atoms with Crippen molar-refractivity contribution in [3.63, 3.8) is 0 Å². The van der Waals surface area contributed by atoms with E-state index < -0.39 is 0 Å². The molecule has 0 aliphatic heterocycles. The highest BCUT2D eigenvalue weighted by Crippen LogP contribution is 2.36. The molecule has 0 aliphatic rings. The van der Waals surface area contributed by atoms with Gasteiger partial charge < -0.3 is 0 Å². The second kappa shape index (κ2) is 6.54. The Morgan fingerprint density at radius 2 is 1.94 bits per heavy atom. The van der Waals surface area contributed by atoms with E-state index in [2.05, 4.69) is 6.58 Å². The van der Waals surface area contributed by atoms with Crippen LogP contribution in [-0.2, 0) is 0 Å². The second-order valence-corrected chi connectivity index (χ2v) is 4.96. The van der Waals surface area contributed by atoms with Crippen LogP contribution in [0.2, 0.25) is 0 Å². The molecular formula is C14H17FS. The largest absolute Gasteiger partial charge is 0.211 e. The average molecular weight is 236 g/mol. The Morgan fingerprint density at radius 1 is 1.31 bits per heavy atom. The molecule has 1 rings (SSSR count). The quantitative estimate of drug-likeness (QED) is 0.660. The lowest BCUT2D eigenvalue weighted by Gasteiger charge is -2.09. The van der Waals surface area contributed by atoms with Gasteiger partial charge in [-0.1, -0.05) is 55.6 Å². The maximum absolute atomic E-state index is 13.9. The summed E-state index contributed by atoms with van der Waals surface area (Å²) in [4.78, 5) is 1.61. The highest BCUT2D eigenvalue weighted by molar-refractivity contribution is 8.11. The molecule has 0 bridgehead atoms. The van der Waals surface area contributed by atoms with Crippen molar-refractivity contribution in [1.29, 1.82) is 0 Å². The zero-order valence-electron chi connectivity index (χ0n) is 9.79. The van der Waals surface area contributed by atoms with E-state index >= 15 is 0 Å². The maximum Gasteiger partial charge on any atom is 0.114 e. The predicted octanol–water partition coefficient (Wildman–Crippen LogP) is 5.39. The highest BCUT2D eigenvalue weighted by atomic mass is 32.2. The molecule has 0 heterocycles. The van der Waals surface area contributed by atoms with Crippen LogP contribution >= 0.6 is 11.8 Å². The summed E-state index contributed by atoms with van der Waals surface area (Å²) in [5.74, 6) is -0.0401. The smallest absolute Gasteiger partial charge is 0.114 e. The molecule has 0 aliphatic carbocycles. The number of benzene rings is 1. The highest BCUT2D eigenvalue weighted by Gasteiger charge is 2.09. The van der Waals surface area contributed by atoms with Crippen LogP contribution < -0.4 is 0 Å². The molecule has 16 heavy (non-hydrogen) atoms. The van der Waals surface area contributed by atoms with Crippen molar-refractivity contribution in [3.05, 3.63) is 53.2 Å². The third kappa shape index (κ3) is 3.86. The summed E-state index contributed by atoms with van der Waals surface area (Å²) >= 11 is 1.41. The summed E-state index contributed by atoms with van der Waals surface area (Å²) in [7, 11) is 0. The van der Waals surface area contributed by atoms with Gasteiger partial charge in [0.1, 0.15) is 5.83 Å². The fraction of sp³-hybridized carbons (Fsp3) is 0.286. The number of allylic oxidation sites excluding steroid dienone is 2. The van der Waals surface area contributed by atoms with Gasteiger partial charge in [0.15, 0.2) is 0 Å².